The Kier molecular flexibility index (Phi) is 7.54. The van der Waals surface area contributed by atoms with Crippen molar-refractivity contribution in [1.82, 2.24) is 20.3 Å². The normalized spacial score (nSPS) is 20.2. The molecule has 3 aromatic heterocycles. The van der Waals surface area contributed by atoms with Gasteiger partial charge in [-0.15, -0.1) is 0 Å². The molecular formula is C31H34N6O4S. The molecule has 218 valence electrons. The summed E-state index contributed by atoms with van der Waals surface area (Å²) in [7, 11) is -1.59. The van der Waals surface area contributed by atoms with Crippen LogP contribution in [0.4, 0.5) is 11.5 Å². The molecule has 42 heavy (non-hydrogen) atoms. The van der Waals surface area contributed by atoms with Gasteiger partial charge in [0, 0.05) is 43.8 Å². The van der Waals surface area contributed by atoms with Crippen LogP contribution in [0.15, 0.2) is 65.7 Å². The number of hydrogen-bond donors (Lipinski definition) is 1. The van der Waals surface area contributed by atoms with Crippen molar-refractivity contribution in [2.75, 3.05) is 42.2 Å². The average molecular weight is 587 g/mol. The van der Waals surface area contributed by atoms with Crippen molar-refractivity contribution in [1.29, 1.82) is 0 Å². The van der Waals surface area contributed by atoms with Crippen LogP contribution >= 0.6 is 0 Å². The maximum absolute atomic E-state index is 13.0. The van der Waals surface area contributed by atoms with E-state index in [1.807, 2.05) is 48.3 Å². The van der Waals surface area contributed by atoms with Crippen LogP contribution < -0.4 is 15.1 Å². The van der Waals surface area contributed by atoms with Crippen molar-refractivity contribution in [3.05, 3.63) is 72.1 Å². The van der Waals surface area contributed by atoms with E-state index in [4.69, 9.17) is 14.7 Å². The molecule has 4 aromatic rings. The van der Waals surface area contributed by atoms with Gasteiger partial charge in [0.15, 0.2) is 9.84 Å². The number of carbonyl (C=O) groups is 1. The number of fused-ring (bicyclic) bond motifs is 2. The number of aromatic nitrogens is 3. The van der Waals surface area contributed by atoms with E-state index < -0.39 is 9.84 Å². The Balaban J connectivity index is 1.20. The number of pyridine rings is 3. The predicted molar refractivity (Wildman–Crippen MR) is 163 cm³/mol. The summed E-state index contributed by atoms with van der Waals surface area (Å²) in [4.78, 5) is 31.6. The largest absolute Gasteiger partial charge is 0.374 e. The van der Waals surface area contributed by atoms with E-state index in [1.165, 1.54) is 6.07 Å². The van der Waals surface area contributed by atoms with Crippen LogP contribution in [0.2, 0.25) is 0 Å². The minimum Gasteiger partial charge on any atom is -0.374 e. The molecule has 2 aliphatic heterocycles. The zero-order chi connectivity index (χ0) is 29.4. The van der Waals surface area contributed by atoms with Gasteiger partial charge >= 0.3 is 0 Å². The molecule has 1 saturated heterocycles. The van der Waals surface area contributed by atoms with Gasteiger partial charge in [0.1, 0.15) is 5.82 Å². The van der Waals surface area contributed by atoms with Gasteiger partial charge in [-0.3, -0.25) is 9.78 Å². The molecule has 0 radical (unpaired) electrons. The third kappa shape index (κ3) is 5.79. The number of morpholine rings is 1. The highest BCUT2D eigenvalue weighted by Gasteiger charge is 2.26. The Morgan fingerprint density at radius 3 is 2.62 bits per heavy atom. The Morgan fingerprint density at radius 2 is 1.81 bits per heavy atom. The first-order chi connectivity index (χ1) is 20.2. The van der Waals surface area contributed by atoms with E-state index in [0.717, 1.165) is 41.2 Å². The summed E-state index contributed by atoms with van der Waals surface area (Å²) in [5.74, 6) is 0.597. The topological polar surface area (TPSA) is 118 Å². The summed E-state index contributed by atoms with van der Waals surface area (Å²) >= 11 is 0. The van der Waals surface area contributed by atoms with Gasteiger partial charge in [-0.25, -0.2) is 18.4 Å². The third-order valence-corrected chi connectivity index (χ3v) is 9.50. The lowest BCUT2D eigenvalue weighted by molar-refractivity contribution is -0.00545. The van der Waals surface area contributed by atoms with Crippen LogP contribution in [0.1, 0.15) is 36.3 Å². The van der Waals surface area contributed by atoms with Crippen LogP contribution in [0.25, 0.3) is 22.3 Å². The van der Waals surface area contributed by atoms with Gasteiger partial charge in [-0.1, -0.05) is 6.07 Å². The highest BCUT2D eigenvalue weighted by molar-refractivity contribution is 7.91. The number of sulfone groups is 1. The van der Waals surface area contributed by atoms with Gasteiger partial charge in [0.25, 0.3) is 5.91 Å². The summed E-state index contributed by atoms with van der Waals surface area (Å²) in [5.41, 5.74) is 3.82. The van der Waals surface area contributed by atoms with Crippen molar-refractivity contribution in [2.24, 2.45) is 0 Å². The van der Waals surface area contributed by atoms with E-state index in [9.17, 15) is 13.2 Å². The van der Waals surface area contributed by atoms with Gasteiger partial charge in [-0.05, 0) is 68.8 Å². The lowest BCUT2D eigenvalue weighted by Crippen LogP contribution is -2.45. The Labute approximate surface area is 245 Å². The third-order valence-electron chi connectivity index (χ3n) is 7.68. The van der Waals surface area contributed by atoms with Gasteiger partial charge in [0.05, 0.1) is 57.7 Å². The van der Waals surface area contributed by atoms with Crippen LogP contribution in [-0.4, -0.2) is 73.9 Å². The number of amides is 1. The van der Waals surface area contributed by atoms with Gasteiger partial charge in [0.2, 0.25) is 0 Å². The highest BCUT2D eigenvalue weighted by atomic mass is 32.2. The van der Waals surface area contributed by atoms with E-state index in [2.05, 4.69) is 29.0 Å². The molecule has 5 heterocycles. The minimum atomic E-state index is -3.46. The smallest absolute Gasteiger partial charge is 0.251 e. The van der Waals surface area contributed by atoms with Gasteiger partial charge in [-0.2, -0.15) is 0 Å². The Morgan fingerprint density at radius 1 is 1.02 bits per heavy atom. The first-order valence-electron chi connectivity index (χ1n) is 14.2. The number of anilines is 2. The monoisotopic (exact) mass is 586 g/mol. The fourth-order valence-corrected chi connectivity index (χ4v) is 7.20. The predicted octanol–water partition coefficient (Wildman–Crippen LogP) is 3.85. The molecule has 0 spiro atoms. The van der Waals surface area contributed by atoms with E-state index >= 15 is 0 Å². The van der Waals surface area contributed by atoms with Crippen LogP contribution in [0.5, 0.6) is 0 Å². The second-order valence-corrected chi connectivity index (χ2v) is 13.1. The number of nitrogens with zero attached hydrogens (tertiary/aromatic N) is 5. The number of carbonyl (C=O) groups excluding carboxylic acids is 1. The number of rotatable bonds is 5. The van der Waals surface area contributed by atoms with Crippen molar-refractivity contribution >= 4 is 38.2 Å². The molecule has 1 fully saturated rings. The maximum Gasteiger partial charge on any atom is 0.251 e. The zero-order valence-corrected chi connectivity index (χ0v) is 24.8. The van der Waals surface area contributed by atoms with E-state index in [1.54, 1.807) is 18.3 Å². The van der Waals surface area contributed by atoms with E-state index in [0.29, 0.717) is 29.9 Å². The van der Waals surface area contributed by atoms with Crippen molar-refractivity contribution in [3.8, 4) is 11.4 Å². The number of hydrogen-bond acceptors (Lipinski definition) is 9. The highest BCUT2D eigenvalue weighted by Crippen LogP contribution is 2.30. The fourth-order valence-electron chi connectivity index (χ4n) is 5.62. The standard InChI is InChI=1S/C31H34N6O4S/c1-20-18-37(19-21(2)41-20)30-7-4-6-25(35-30)26-10-8-23-16-32-24(15-27(23)34-26)17-33-31(38)22-9-11-28-29(14-22)42(39,40)13-5-12-36(28)3/h4,6-11,14-16,20-21H,5,12-13,17-19H2,1-3H3,(H,33,38)/t20-,21+. The first kappa shape index (κ1) is 28.0. The summed E-state index contributed by atoms with van der Waals surface area (Å²) in [6.45, 7) is 6.53. The number of nitrogens with one attached hydrogen (secondary N) is 1. The molecule has 0 bridgehead atoms. The molecule has 0 unspecified atom stereocenters. The number of ether oxygens (including phenoxy) is 1. The van der Waals surface area contributed by atoms with Gasteiger partial charge < -0.3 is 19.9 Å². The molecule has 11 heteroatoms. The summed E-state index contributed by atoms with van der Waals surface area (Å²) in [5, 5.41) is 3.75. The second kappa shape index (κ2) is 11.3. The minimum absolute atomic E-state index is 0.0663. The summed E-state index contributed by atoms with van der Waals surface area (Å²) < 4.78 is 31.4. The molecule has 0 saturated carbocycles. The summed E-state index contributed by atoms with van der Waals surface area (Å²) in [6, 6.07) is 16.5. The van der Waals surface area contributed by atoms with E-state index in [-0.39, 0.29) is 35.3 Å². The maximum atomic E-state index is 13.0. The molecular weight excluding hydrogens is 552 g/mol. The molecule has 1 amide bonds. The average Bonchev–Trinajstić information content (AvgIpc) is 3.09. The Hall–Kier alpha value is -4.09. The van der Waals surface area contributed by atoms with Crippen molar-refractivity contribution < 1.29 is 17.9 Å². The second-order valence-electron chi connectivity index (χ2n) is 11.1. The Bertz CT molecular complexity index is 1750. The molecule has 6 rings (SSSR count). The van der Waals surface area contributed by atoms with Crippen molar-refractivity contribution in [3.63, 3.8) is 0 Å². The summed E-state index contributed by atoms with van der Waals surface area (Å²) in [6.07, 6.45) is 2.55. The molecule has 2 aliphatic rings. The zero-order valence-electron chi connectivity index (χ0n) is 23.9. The van der Waals surface area contributed by atoms with Crippen molar-refractivity contribution in [2.45, 2.75) is 43.9 Å². The first-order valence-corrected chi connectivity index (χ1v) is 15.8. The molecule has 2 atom stereocenters. The SMILES string of the molecule is C[C@@H]1CN(c2cccc(-c3ccc4cnc(CNC(=O)c5ccc6c(c5)S(=O)(=O)CCCN6C)cc4n3)n2)C[C@H](C)O1. The lowest BCUT2D eigenvalue weighted by atomic mass is 10.1. The number of benzene rings is 1. The molecule has 1 N–H and O–H groups in total. The molecule has 10 nitrogen and oxygen atoms in total. The quantitative estimate of drug-likeness (QED) is 0.372. The lowest BCUT2D eigenvalue weighted by Gasteiger charge is -2.36. The molecule has 1 aromatic carbocycles. The molecule has 0 aliphatic carbocycles. The van der Waals surface area contributed by atoms with Crippen LogP contribution in [0, 0.1) is 0 Å². The van der Waals surface area contributed by atoms with Crippen LogP contribution in [0.3, 0.4) is 0 Å². The fraction of sp³-hybridized carbons (Fsp3) is 0.355. The van der Waals surface area contributed by atoms with Crippen LogP contribution in [-0.2, 0) is 21.1 Å².